The van der Waals surface area contributed by atoms with Gasteiger partial charge in [-0.25, -0.2) is 0 Å². The third kappa shape index (κ3) is 1.18. The van der Waals surface area contributed by atoms with Crippen LogP contribution in [0.5, 0.6) is 0 Å². The Kier molecular flexibility index (Phi) is 1.70. The van der Waals surface area contributed by atoms with Crippen LogP contribution in [0.15, 0.2) is 24.0 Å². The van der Waals surface area contributed by atoms with Crippen molar-refractivity contribution < 1.29 is 9.47 Å². The Morgan fingerprint density at radius 3 is 3.18 bits per heavy atom. The van der Waals surface area contributed by atoms with E-state index in [0.717, 1.165) is 12.4 Å². The Labute approximate surface area is 66.5 Å². The Morgan fingerprint density at radius 1 is 1.45 bits per heavy atom. The van der Waals surface area contributed by atoms with E-state index in [1.54, 1.807) is 0 Å². The van der Waals surface area contributed by atoms with E-state index in [2.05, 4.69) is 13.0 Å². The molecule has 0 aromatic heterocycles. The summed E-state index contributed by atoms with van der Waals surface area (Å²) in [6.45, 7) is 3.56. The van der Waals surface area contributed by atoms with Crippen LogP contribution in [0, 0.1) is 5.92 Å². The van der Waals surface area contributed by atoms with Crippen molar-refractivity contribution in [2.24, 2.45) is 5.92 Å². The Bertz CT molecular complexity index is 206. The summed E-state index contributed by atoms with van der Waals surface area (Å²) in [5.74, 6) is 1.45. The molecule has 0 spiro atoms. The molecule has 1 aliphatic carbocycles. The van der Waals surface area contributed by atoms with Crippen molar-refractivity contribution in [1.29, 1.82) is 0 Å². The van der Waals surface area contributed by atoms with E-state index in [1.807, 2.05) is 12.2 Å². The standard InChI is InChI=1S/C9H12O2/c1-7-3-2-4-8-9(7)11-6-5-10-8/h2-4,7,9H,5-6H2,1H3. The van der Waals surface area contributed by atoms with Gasteiger partial charge in [-0.2, -0.15) is 0 Å². The minimum Gasteiger partial charge on any atom is -0.493 e. The zero-order valence-corrected chi connectivity index (χ0v) is 6.62. The second-order valence-corrected chi connectivity index (χ2v) is 2.95. The van der Waals surface area contributed by atoms with Crippen molar-refractivity contribution >= 4 is 0 Å². The molecule has 2 aliphatic rings. The average Bonchev–Trinajstić information content (AvgIpc) is 2.06. The molecule has 0 N–H and O–H groups in total. The predicted molar refractivity (Wildman–Crippen MR) is 42.1 cm³/mol. The SMILES string of the molecule is CC1C=CC=C2OCCOC21. The summed E-state index contributed by atoms with van der Waals surface area (Å²) in [5, 5.41) is 0. The third-order valence-electron chi connectivity index (χ3n) is 2.08. The fourth-order valence-electron chi connectivity index (χ4n) is 1.48. The third-order valence-corrected chi connectivity index (χ3v) is 2.08. The van der Waals surface area contributed by atoms with E-state index in [9.17, 15) is 0 Å². The summed E-state index contributed by atoms with van der Waals surface area (Å²) >= 11 is 0. The maximum Gasteiger partial charge on any atom is 0.125 e. The van der Waals surface area contributed by atoms with Gasteiger partial charge in [0, 0.05) is 5.92 Å². The Hall–Kier alpha value is -0.760. The highest BCUT2D eigenvalue weighted by atomic mass is 16.6. The summed E-state index contributed by atoms with van der Waals surface area (Å²) in [7, 11) is 0. The Balaban J connectivity index is 2.18. The normalized spacial score (nSPS) is 35.5. The van der Waals surface area contributed by atoms with Gasteiger partial charge < -0.3 is 9.47 Å². The zero-order valence-electron chi connectivity index (χ0n) is 6.62. The zero-order chi connectivity index (χ0) is 7.68. The van der Waals surface area contributed by atoms with E-state index in [4.69, 9.17) is 9.47 Å². The number of ether oxygens (including phenoxy) is 2. The molecule has 0 amide bonds. The maximum absolute atomic E-state index is 5.55. The van der Waals surface area contributed by atoms with Gasteiger partial charge in [-0.05, 0) is 6.08 Å². The highest BCUT2D eigenvalue weighted by Crippen LogP contribution is 2.25. The molecule has 0 aromatic carbocycles. The van der Waals surface area contributed by atoms with E-state index < -0.39 is 0 Å². The van der Waals surface area contributed by atoms with Crippen LogP contribution in [0.3, 0.4) is 0 Å². The topological polar surface area (TPSA) is 18.5 Å². The first-order valence-corrected chi connectivity index (χ1v) is 4.01. The minimum atomic E-state index is 0.175. The highest BCUT2D eigenvalue weighted by Gasteiger charge is 2.26. The van der Waals surface area contributed by atoms with Gasteiger partial charge in [0.1, 0.15) is 18.5 Å². The van der Waals surface area contributed by atoms with Gasteiger partial charge in [0.25, 0.3) is 0 Å². The molecule has 1 aliphatic heterocycles. The van der Waals surface area contributed by atoms with E-state index in [1.165, 1.54) is 0 Å². The molecule has 0 aromatic rings. The van der Waals surface area contributed by atoms with Crippen LogP contribution in [0.2, 0.25) is 0 Å². The predicted octanol–water partition coefficient (Wildman–Crippen LogP) is 1.49. The van der Waals surface area contributed by atoms with Gasteiger partial charge in [-0.1, -0.05) is 19.1 Å². The van der Waals surface area contributed by atoms with Crippen molar-refractivity contribution in [2.45, 2.75) is 13.0 Å². The molecule has 1 saturated heterocycles. The van der Waals surface area contributed by atoms with E-state index in [0.29, 0.717) is 12.5 Å². The van der Waals surface area contributed by atoms with E-state index >= 15 is 0 Å². The van der Waals surface area contributed by atoms with Crippen LogP contribution in [0.25, 0.3) is 0 Å². The quantitative estimate of drug-likeness (QED) is 0.523. The Morgan fingerprint density at radius 2 is 2.36 bits per heavy atom. The molecule has 60 valence electrons. The van der Waals surface area contributed by atoms with Crippen molar-refractivity contribution in [2.75, 3.05) is 13.2 Å². The number of fused-ring (bicyclic) bond motifs is 1. The van der Waals surface area contributed by atoms with Crippen molar-refractivity contribution in [3.8, 4) is 0 Å². The van der Waals surface area contributed by atoms with Crippen LogP contribution in [0.4, 0.5) is 0 Å². The van der Waals surface area contributed by atoms with Gasteiger partial charge in [0.15, 0.2) is 0 Å². The molecule has 2 nitrogen and oxygen atoms in total. The van der Waals surface area contributed by atoms with Crippen molar-refractivity contribution in [3.05, 3.63) is 24.0 Å². The molecular weight excluding hydrogens is 140 g/mol. The average molecular weight is 152 g/mol. The molecule has 0 bridgehead atoms. The molecule has 2 atom stereocenters. The molecule has 2 rings (SSSR count). The molecule has 1 heterocycles. The second-order valence-electron chi connectivity index (χ2n) is 2.95. The van der Waals surface area contributed by atoms with Gasteiger partial charge in [-0.15, -0.1) is 0 Å². The number of hydrogen-bond donors (Lipinski definition) is 0. The monoisotopic (exact) mass is 152 g/mol. The number of rotatable bonds is 0. The molecule has 0 radical (unpaired) electrons. The maximum atomic E-state index is 5.55. The van der Waals surface area contributed by atoms with Crippen molar-refractivity contribution in [3.63, 3.8) is 0 Å². The highest BCUT2D eigenvalue weighted by molar-refractivity contribution is 5.20. The van der Waals surface area contributed by atoms with Crippen molar-refractivity contribution in [1.82, 2.24) is 0 Å². The molecule has 11 heavy (non-hydrogen) atoms. The summed E-state index contributed by atoms with van der Waals surface area (Å²) < 4.78 is 11.0. The van der Waals surface area contributed by atoms with Gasteiger partial charge >= 0.3 is 0 Å². The molecule has 2 unspecified atom stereocenters. The largest absolute Gasteiger partial charge is 0.493 e. The first-order valence-electron chi connectivity index (χ1n) is 4.01. The molecule has 2 heteroatoms. The lowest BCUT2D eigenvalue weighted by Gasteiger charge is -2.31. The first-order chi connectivity index (χ1) is 5.38. The lowest BCUT2D eigenvalue weighted by atomic mass is 9.97. The van der Waals surface area contributed by atoms with Crippen LogP contribution in [-0.2, 0) is 9.47 Å². The summed E-state index contributed by atoms with van der Waals surface area (Å²) in [6.07, 6.45) is 6.34. The van der Waals surface area contributed by atoms with E-state index in [-0.39, 0.29) is 6.10 Å². The fraction of sp³-hybridized carbons (Fsp3) is 0.556. The number of hydrogen-bond acceptors (Lipinski definition) is 2. The smallest absolute Gasteiger partial charge is 0.125 e. The van der Waals surface area contributed by atoms with Gasteiger partial charge in [0.05, 0.1) is 6.61 Å². The van der Waals surface area contributed by atoms with Crippen LogP contribution in [-0.4, -0.2) is 19.3 Å². The van der Waals surface area contributed by atoms with Gasteiger partial charge in [-0.3, -0.25) is 0 Å². The van der Waals surface area contributed by atoms with Gasteiger partial charge in [0.2, 0.25) is 0 Å². The van der Waals surface area contributed by atoms with Crippen LogP contribution < -0.4 is 0 Å². The minimum absolute atomic E-state index is 0.175. The number of allylic oxidation sites excluding steroid dienone is 2. The first kappa shape index (κ1) is 6.92. The molecule has 0 saturated carbocycles. The second kappa shape index (κ2) is 2.70. The van der Waals surface area contributed by atoms with Crippen LogP contribution in [0.1, 0.15) is 6.92 Å². The lowest BCUT2D eigenvalue weighted by molar-refractivity contribution is -0.0574. The lowest BCUT2D eigenvalue weighted by Crippen LogP contribution is -2.32. The molecular formula is C9H12O2. The van der Waals surface area contributed by atoms with Crippen LogP contribution >= 0.6 is 0 Å². The fourth-order valence-corrected chi connectivity index (χ4v) is 1.48. The summed E-state index contributed by atoms with van der Waals surface area (Å²) in [5.41, 5.74) is 0. The molecule has 1 fully saturated rings. The summed E-state index contributed by atoms with van der Waals surface area (Å²) in [4.78, 5) is 0. The summed E-state index contributed by atoms with van der Waals surface area (Å²) in [6, 6.07) is 0.